The van der Waals surface area contributed by atoms with Crippen molar-refractivity contribution in [3.05, 3.63) is 24.3 Å². The van der Waals surface area contributed by atoms with Crippen LogP contribution in [-0.4, -0.2) is 37.1 Å². The molecule has 3 heteroatoms. The molecule has 0 aromatic heterocycles. The topological polar surface area (TPSA) is 32.5 Å². The molecule has 0 bridgehead atoms. The Labute approximate surface area is 97.8 Å². The summed E-state index contributed by atoms with van der Waals surface area (Å²) in [5, 5.41) is 0. The van der Waals surface area contributed by atoms with E-state index in [9.17, 15) is 0 Å². The Bertz CT molecular complexity index is 352. The van der Waals surface area contributed by atoms with E-state index in [1.165, 1.54) is 5.69 Å². The van der Waals surface area contributed by atoms with Gasteiger partial charge in [-0.25, -0.2) is 0 Å². The summed E-state index contributed by atoms with van der Waals surface area (Å²) in [4.78, 5) is 4.86. The minimum Gasteiger partial charge on any atom is -0.399 e. The smallest absolute Gasteiger partial charge is 0.0387 e. The summed E-state index contributed by atoms with van der Waals surface area (Å²) in [6, 6.07) is 9.34. The molecule has 2 unspecified atom stereocenters. The van der Waals surface area contributed by atoms with Crippen molar-refractivity contribution in [2.24, 2.45) is 0 Å². The number of hydrogen-bond donors (Lipinski definition) is 1. The highest BCUT2D eigenvalue weighted by atomic mass is 15.3. The summed E-state index contributed by atoms with van der Waals surface area (Å²) in [6.45, 7) is 6.69. The Kier molecular flexibility index (Phi) is 3.06. The average molecular weight is 219 g/mol. The van der Waals surface area contributed by atoms with Crippen molar-refractivity contribution in [3.8, 4) is 0 Å². The Morgan fingerprint density at radius 1 is 1.19 bits per heavy atom. The van der Waals surface area contributed by atoms with Crippen molar-refractivity contribution in [1.29, 1.82) is 0 Å². The summed E-state index contributed by atoms with van der Waals surface area (Å²) >= 11 is 0. The van der Waals surface area contributed by atoms with Gasteiger partial charge in [-0.05, 0) is 39.1 Å². The molecule has 0 spiro atoms. The van der Waals surface area contributed by atoms with Crippen molar-refractivity contribution in [1.82, 2.24) is 4.90 Å². The maximum absolute atomic E-state index is 5.82. The van der Waals surface area contributed by atoms with Crippen LogP contribution >= 0.6 is 0 Å². The third kappa shape index (κ3) is 2.14. The van der Waals surface area contributed by atoms with E-state index in [2.05, 4.69) is 42.8 Å². The van der Waals surface area contributed by atoms with Gasteiger partial charge in [0.2, 0.25) is 0 Å². The number of anilines is 2. The van der Waals surface area contributed by atoms with Crippen LogP contribution in [0.5, 0.6) is 0 Å². The third-order valence-corrected chi connectivity index (χ3v) is 3.60. The standard InChI is InChI=1S/C13H21N3/c1-10-8-16(9-11(2)15(10)3)13-6-4-5-12(14)7-13/h4-7,10-11H,8-9,14H2,1-3H3. The fourth-order valence-corrected chi connectivity index (χ4v) is 2.34. The monoisotopic (exact) mass is 219 g/mol. The first-order chi connectivity index (χ1) is 7.58. The highest BCUT2D eigenvalue weighted by molar-refractivity contribution is 5.56. The maximum atomic E-state index is 5.82. The van der Waals surface area contributed by atoms with Gasteiger partial charge in [0, 0.05) is 36.5 Å². The van der Waals surface area contributed by atoms with Crippen LogP contribution in [0.1, 0.15) is 13.8 Å². The van der Waals surface area contributed by atoms with Gasteiger partial charge in [-0.2, -0.15) is 0 Å². The quantitative estimate of drug-likeness (QED) is 0.731. The largest absolute Gasteiger partial charge is 0.399 e. The Morgan fingerprint density at radius 3 is 2.38 bits per heavy atom. The van der Waals surface area contributed by atoms with E-state index in [0.29, 0.717) is 12.1 Å². The van der Waals surface area contributed by atoms with E-state index in [-0.39, 0.29) is 0 Å². The van der Waals surface area contributed by atoms with Gasteiger partial charge in [0.25, 0.3) is 0 Å². The molecule has 3 nitrogen and oxygen atoms in total. The number of nitrogens with two attached hydrogens (primary N) is 1. The van der Waals surface area contributed by atoms with E-state index in [4.69, 9.17) is 5.73 Å². The van der Waals surface area contributed by atoms with Gasteiger partial charge in [-0.3, -0.25) is 4.90 Å². The fourth-order valence-electron chi connectivity index (χ4n) is 2.34. The lowest BCUT2D eigenvalue weighted by molar-refractivity contribution is 0.170. The number of nitrogen functional groups attached to an aromatic ring is 1. The van der Waals surface area contributed by atoms with Gasteiger partial charge >= 0.3 is 0 Å². The zero-order chi connectivity index (χ0) is 11.7. The lowest BCUT2D eigenvalue weighted by atomic mass is 10.1. The second-order valence-corrected chi connectivity index (χ2v) is 4.86. The van der Waals surface area contributed by atoms with E-state index in [1.54, 1.807) is 0 Å². The number of benzene rings is 1. The fraction of sp³-hybridized carbons (Fsp3) is 0.538. The third-order valence-electron chi connectivity index (χ3n) is 3.60. The van der Waals surface area contributed by atoms with Crippen molar-refractivity contribution in [2.75, 3.05) is 30.8 Å². The van der Waals surface area contributed by atoms with Crippen molar-refractivity contribution >= 4 is 11.4 Å². The molecule has 0 aliphatic carbocycles. The van der Waals surface area contributed by atoms with Crippen LogP contribution in [0.15, 0.2) is 24.3 Å². The molecule has 2 atom stereocenters. The molecule has 1 aliphatic heterocycles. The molecule has 88 valence electrons. The number of hydrogen-bond acceptors (Lipinski definition) is 3. The first-order valence-corrected chi connectivity index (χ1v) is 5.90. The Morgan fingerprint density at radius 2 is 1.81 bits per heavy atom. The first-order valence-electron chi connectivity index (χ1n) is 5.90. The summed E-state index contributed by atoms with van der Waals surface area (Å²) in [6.07, 6.45) is 0. The van der Waals surface area contributed by atoms with E-state index in [0.717, 1.165) is 18.8 Å². The van der Waals surface area contributed by atoms with Crippen LogP contribution in [0.3, 0.4) is 0 Å². The number of nitrogens with zero attached hydrogens (tertiary/aromatic N) is 2. The summed E-state index contributed by atoms with van der Waals surface area (Å²) in [7, 11) is 2.20. The second kappa shape index (κ2) is 4.34. The Hall–Kier alpha value is -1.22. The zero-order valence-electron chi connectivity index (χ0n) is 10.4. The molecule has 0 saturated carbocycles. The highest BCUT2D eigenvalue weighted by Crippen LogP contribution is 2.22. The average Bonchev–Trinajstić information content (AvgIpc) is 2.25. The summed E-state index contributed by atoms with van der Waals surface area (Å²) in [5.74, 6) is 0. The van der Waals surface area contributed by atoms with Gasteiger partial charge in [-0.15, -0.1) is 0 Å². The minimum absolute atomic E-state index is 0.588. The van der Waals surface area contributed by atoms with Crippen LogP contribution in [0.4, 0.5) is 11.4 Å². The molecule has 1 aromatic carbocycles. The SMILES string of the molecule is CC1CN(c2cccc(N)c2)CC(C)N1C. The minimum atomic E-state index is 0.588. The number of piperazine rings is 1. The van der Waals surface area contributed by atoms with Crippen molar-refractivity contribution in [2.45, 2.75) is 25.9 Å². The van der Waals surface area contributed by atoms with Crippen LogP contribution in [0.25, 0.3) is 0 Å². The second-order valence-electron chi connectivity index (χ2n) is 4.86. The van der Waals surface area contributed by atoms with E-state index < -0.39 is 0 Å². The van der Waals surface area contributed by atoms with Gasteiger partial charge in [0.1, 0.15) is 0 Å². The van der Waals surface area contributed by atoms with Gasteiger partial charge < -0.3 is 10.6 Å². The predicted octanol–water partition coefficient (Wildman–Crippen LogP) is 1.80. The molecule has 0 amide bonds. The number of likely N-dealkylation sites (N-methyl/N-ethyl adjacent to an activating group) is 1. The molecule has 1 saturated heterocycles. The van der Waals surface area contributed by atoms with E-state index >= 15 is 0 Å². The first kappa shape index (κ1) is 11.3. The van der Waals surface area contributed by atoms with Gasteiger partial charge in [0.15, 0.2) is 0 Å². The van der Waals surface area contributed by atoms with Gasteiger partial charge in [0.05, 0.1) is 0 Å². The van der Waals surface area contributed by atoms with Crippen molar-refractivity contribution < 1.29 is 0 Å². The molecule has 0 radical (unpaired) electrons. The molecule has 1 heterocycles. The molecular formula is C13H21N3. The maximum Gasteiger partial charge on any atom is 0.0387 e. The Balaban J connectivity index is 2.17. The van der Waals surface area contributed by atoms with E-state index in [1.807, 2.05) is 12.1 Å². The molecule has 16 heavy (non-hydrogen) atoms. The normalized spacial score (nSPS) is 27.1. The lowest BCUT2D eigenvalue weighted by Gasteiger charge is -2.43. The molecule has 1 aromatic rings. The number of rotatable bonds is 1. The zero-order valence-corrected chi connectivity index (χ0v) is 10.4. The molecular weight excluding hydrogens is 198 g/mol. The molecule has 1 fully saturated rings. The summed E-state index contributed by atoms with van der Waals surface area (Å²) < 4.78 is 0. The lowest BCUT2D eigenvalue weighted by Crippen LogP contribution is -2.55. The van der Waals surface area contributed by atoms with Crippen LogP contribution in [0, 0.1) is 0 Å². The van der Waals surface area contributed by atoms with Crippen LogP contribution in [0.2, 0.25) is 0 Å². The van der Waals surface area contributed by atoms with Gasteiger partial charge in [-0.1, -0.05) is 6.07 Å². The van der Waals surface area contributed by atoms with Crippen LogP contribution in [-0.2, 0) is 0 Å². The molecule has 2 rings (SSSR count). The molecule has 1 aliphatic rings. The highest BCUT2D eigenvalue weighted by Gasteiger charge is 2.26. The van der Waals surface area contributed by atoms with Crippen LogP contribution < -0.4 is 10.6 Å². The molecule has 2 N–H and O–H groups in total. The summed E-state index contributed by atoms with van der Waals surface area (Å²) in [5.41, 5.74) is 7.91. The predicted molar refractivity (Wildman–Crippen MR) is 69.8 cm³/mol. The van der Waals surface area contributed by atoms with Crippen molar-refractivity contribution in [3.63, 3.8) is 0 Å².